The highest BCUT2D eigenvalue weighted by Crippen LogP contribution is 2.59. The molecular formula is C22H22. The normalized spacial score (nSPS) is 29.9. The molecule has 0 radical (unpaired) electrons. The summed E-state index contributed by atoms with van der Waals surface area (Å²) in [6, 6.07) is 21.8. The molecule has 0 fully saturated rings. The van der Waals surface area contributed by atoms with Crippen LogP contribution in [0.4, 0.5) is 0 Å². The second-order valence-corrected chi connectivity index (χ2v) is 7.18. The first-order chi connectivity index (χ1) is 10.6. The summed E-state index contributed by atoms with van der Waals surface area (Å²) in [7, 11) is 0. The lowest BCUT2D eigenvalue weighted by molar-refractivity contribution is 0.350. The summed E-state index contributed by atoms with van der Waals surface area (Å²) in [5, 5.41) is 0. The van der Waals surface area contributed by atoms with Gasteiger partial charge in [0.1, 0.15) is 0 Å². The number of rotatable bonds is 2. The average molecular weight is 286 g/mol. The SMILES string of the molecule is C[C@]12C=C(c3ccccc3)[C@](C)(C=C1c1ccccc1)CC2. The molecule has 0 N–H and O–H groups in total. The fourth-order valence-corrected chi connectivity index (χ4v) is 4.12. The van der Waals surface area contributed by atoms with E-state index >= 15 is 0 Å². The van der Waals surface area contributed by atoms with Crippen molar-refractivity contribution in [3.8, 4) is 0 Å². The smallest absolute Gasteiger partial charge is 0.0113 e. The predicted octanol–water partition coefficient (Wildman–Crippen LogP) is 5.97. The number of allylic oxidation sites excluding steroid dienone is 4. The van der Waals surface area contributed by atoms with Crippen LogP contribution in [0.1, 0.15) is 37.8 Å². The van der Waals surface area contributed by atoms with Gasteiger partial charge in [0, 0.05) is 10.8 Å². The largest absolute Gasteiger partial charge is 0.0695 e. The van der Waals surface area contributed by atoms with Gasteiger partial charge in [-0.05, 0) is 35.1 Å². The lowest BCUT2D eigenvalue weighted by atomic mass is 9.55. The van der Waals surface area contributed by atoms with Gasteiger partial charge in [0.2, 0.25) is 0 Å². The van der Waals surface area contributed by atoms with Crippen LogP contribution in [0.3, 0.4) is 0 Å². The van der Waals surface area contributed by atoms with E-state index in [1.165, 1.54) is 35.1 Å². The van der Waals surface area contributed by atoms with E-state index in [4.69, 9.17) is 0 Å². The molecule has 5 rings (SSSR count). The fraction of sp³-hybridized carbons (Fsp3) is 0.273. The standard InChI is InChI=1S/C22H22/c1-21-13-14-22(2,16-19(21)17-9-5-3-6-10-17)20(15-21)18-11-7-4-8-12-18/h3-12,15-16H,13-14H2,1-2H3/t21-,22-/m0/s1. The van der Waals surface area contributed by atoms with Crippen LogP contribution in [0.25, 0.3) is 11.1 Å². The van der Waals surface area contributed by atoms with Gasteiger partial charge in [0.15, 0.2) is 0 Å². The summed E-state index contributed by atoms with van der Waals surface area (Å²) < 4.78 is 0. The summed E-state index contributed by atoms with van der Waals surface area (Å²) in [5.74, 6) is 0. The highest BCUT2D eigenvalue weighted by Gasteiger charge is 2.45. The maximum Gasteiger partial charge on any atom is 0.0113 e. The van der Waals surface area contributed by atoms with Gasteiger partial charge in [-0.3, -0.25) is 0 Å². The van der Waals surface area contributed by atoms with Gasteiger partial charge in [-0.2, -0.15) is 0 Å². The first kappa shape index (κ1) is 13.6. The van der Waals surface area contributed by atoms with Crippen molar-refractivity contribution in [3.63, 3.8) is 0 Å². The van der Waals surface area contributed by atoms with E-state index in [9.17, 15) is 0 Å². The van der Waals surface area contributed by atoms with Crippen LogP contribution in [0.15, 0.2) is 72.8 Å². The maximum absolute atomic E-state index is 2.54. The lowest BCUT2D eigenvalue weighted by Crippen LogP contribution is -2.35. The van der Waals surface area contributed by atoms with E-state index < -0.39 is 0 Å². The van der Waals surface area contributed by atoms with Crippen LogP contribution in [0, 0.1) is 10.8 Å². The van der Waals surface area contributed by atoms with Crippen molar-refractivity contribution in [2.24, 2.45) is 10.8 Å². The van der Waals surface area contributed by atoms with Crippen molar-refractivity contribution < 1.29 is 0 Å². The number of hydrogen-bond acceptors (Lipinski definition) is 0. The molecule has 110 valence electrons. The van der Waals surface area contributed by atoms with Crippen molar-refractivity contribution in [2.75, 3.05) is 0 Å². The molecule has 0 saturated carbocycles. The van der Waals surface area contributed by atoms with E-state index in [2.05, 4.69) is 86.7 Å². The van der Waals surface area contributed by atoms with Gasteiger partial charge in [0.25, 0.3) is 0 Å². The Morgan fingerprint density at radius 1 is 0.591 bits per heavy atom. The van der Waals surface area contributed by atoms with E-state index in [1.54, 1.807) is 0 Å². The Bertz CT molecular complexity index is 684. The van der Waals surface area contributed by atoms with E-state index in [-0.39, 0.29) is 10.8 Å². The van der Waals surface area contributed by atoms with E-state index in [0.717, 1.165) is 0 Å². The zero-order valence-electron chi connectivity index (χ0n) is 13.3. The molecule has 0 unspecified atom stereocenters. The minimum absolute atomic E-state index is 0.157. The van der Waals surface area contributed by atoms with Crippen LogP contribution in [-0.2, 0) is 0 Å². The topological polar surface area (TPSA) is 0 Å². The summed E-state index contributed by atoms with van der Waals surface area (Å²) in [4.78, 5) is 0. The summed E-state index contributed by atoms with van der Waals surface area (Å²) in [6.45, 7) is 4.79. The molecule has 0 heteroatoms. The minimum Gasteiger partial charge on any atom is -0.0695 e. The van der Waals surface area contributed by atoms with Crippen LogP contribution < -0.4 is 0 Å². The molecule has 0 aromatic heterocycles. The van der Waals surface area contributed by atoms with E-state index in [0.29, 0.717) is 0 Å². The average Bonchev–Trinajstić information content (AvgIpc) is 2.57. The molecule has 2 atom stereocenters. The zero-order chi connectivity index (χ0) is 15.2. The second kappa shape index (κ2) is 4.71. The van der Waals surface area contributed by atoms with Gasteiger partial charge in [-0.1, -0.05) is 86.7 Å². The van der Waals surface area contributed by atoms with Crippen LogP contribution in [0.2, 0.25) is 0 Å². The van der Waals surface area contributed by atoms with Crippen molar-refractivity contribution in [3.05, 3.63) is 83.9 Å². The Kier molecular flexibility index (Phi) is 2.91. The van der Waals surface area contributed by atoms with Crippen LogP contribution in [-0.4, -0.2) is 0 Å². The van der Waals surface area contributed by atoms with Crippen LogP contribution in [0.5, 0.6) is 0 Å². The quantitative estimate of drug-likeness (QED) is 0.637. The Morgan fingerprint density at radius 3 is 1.32 bits per heavy atom. The third-order valence-electron chi connectivity index (χ3n) is 5.49. The van der Waals surface area contributed by atoms with E-state index in [1.807, 2.05) is 0 Å². The lowest BCUT2D eigenvalue weighted by Gasteiger charge is -2.49. The maximum atomic E-state index is 2.54. The first-order valence-electron chi connectivity index (χ1n) is 8.18. The van der Waals surface area contributed by atoms with Gasteiger partial charge >= 0.3 is 0 Å². The van der Waals surface area contributed by atoms with Gasteiger partial charge in [0.05, 0.1) is 0 Å². The molecule has 2 aromatic carbocycles. The number of hydrogen-bond donors (Lipinski definition) is 0. The molecule has 0 aliphatic heterocycles. The Hall–Kier alpha value is -2.08. The van der Waals surface area contributed by atoms with Crippen molar-refractivity contribution in [2.45, 2.75) is 26.7 Å². The summed E-state index contributed by atoms with van der Waals surface area (Å²) in [6.07, 6.45) is 7.55. The molecule has 0 saturated heterocycles. The zero-order valence-corrected chi connectivity index (χ0v) is 13.3. The molecule has 3 aliphatic rings. The highest BCUT2D eigenvalue weighted by molar-refractivity contribution is 5.86. The predicted molar refractivity (Wildman–Crippen MR) is 94.3 cm³/mol. The number of fused-ring (bicyclic) bond motifs is 1. The van der Waals surface area contributed by atoms with Gasteiger partial charge in [-0.15, -0.1) is 0 Å². The third-order valence-corrected chi connectivity index (χ3v) is 5.49. The molecule has 0 nitrogen and oxygen atoms in total. The molecule has 0 spiro atoms. The Morgan fingerprint density at radius 2 is 0.955 bits per heavy atom. The first-order valence-corrected chi connectivity index (χ1v) is 8.18. The van der Waals surface area contributed by atoms with Gasteiger partial charge < -0.3 is 0 Å². The molecule has 3 aliphatic carbocycles. The molecule has 0 amide bonds. The molecule has 2 aromatic rings. The monoisotopic (exact) mass is 286 g/mol. The summed E-state index contributed by atoms with van der Waals surface area (Å²) >= 11 is 0. The molecular weight excluding hydrogens is 264 g/mol. The van der Waals surface area contributed by atoms with Crippen molar-refractivity contribution >= 4 is 11.1 Å². The molecule has 0 heterocycles. The Labute approximate surface area is 133 Å². The highest BCUT2D eigenvalue weighted by atomic mass is 14.5. The number of benzene rings is 2. The molecule has 2 bridgehead atoms. The van der Waals surface area contributed by atoms with Crippen molar-refractivity contribution in [1.82, 2.24) is 0 Å². The second-order valence-electron chi connectivity index (χ2n) is 7.18. The van der Waals surface area contributed by atoms with Crippen LogP contribution >= 0.6 is 0 Å². The van der Waals surface area contributed by atoms with Crippen molar-refractivity contribution in [1.29, 1.82) is 0 Å². The van der Waals surface area contributed by atoms with Gasteiger partial charge in [-0.25, -0.2) is 0 Å². The molecule has 22 heavy (non-hydrogen) atoms. The minimum atomic E-state index is 0.157. The Balaban J connectivity index is 1.85. The summed E-state index contributed by atoms with van der Waals surface area (Å²) in [5.41, 5.74) is 6.07. The fourth-order valence-electron chi connectivity index (χ4n) is 4.12. The third kappa shape index (κ3) is 1.98.